The molecule has 1 N–H and O–H groups in total. The Morgan fingerprint density at radius 3 is 2.43 bits per heavy atom. The van der Waals surface area contributed by atoms with Crippen molar-refractivity contribution in [2.75, 3.05) is 7.05 Å². The van der Waals surface area contributed by atoms with E-state index in [0.29, 0.717) is 0 Å². The lowest BCUT2D eigenvalue weighted by Gasteiger charge is -2.43. The van der Waals surface area contributed by atoms with E-state index in [1.165, 1.54) is 12.8 Å². The molecule has 1 unspecified atom stereocenters. The molecule has 1 aliphatic rings. The Balaban J connectivity index is 2.92. The van der Waals surface area contributed by atoms with Gasteiger partial charge in [-0.25, -0.2) is 0 Å². The van der Waals surface area contributed by atoms with Gasteiger partial charge in [0.05, 0.1) is 0 Å². The molecule has 1 aliphatic carbocycles. The van der Waals surface area contributed by atoms with Gasteiger partial charge in [0, 0.05) is 13.0 Å². The Morgan fingerprint density at radius 2 is 2.00 bits per heavy atom. The first kappa shape index (κ1) is 11.5. The molecular weight excluding hydrogens is 174 g/mol. The van der Waals surface area contributed by atoms with Crippen molar-refractivity contribution >= 4 is 5.91 Å². The molecule has 14 heavy (non-hydrogen) atoms. The van der Waals surface area contributed by atoms with Gasteiger partial charge in [-0.2, -0.15) is 0 Å². The van der Waals surface area contributed by atoms with Gasteiger partial charge in [0.1, 0.15) is 0 Å². The SMILES string of the molecule is CNC(=O)C1CCC[C@@]1(C)C(C)(C)C. The van der Waals surface area contributed by atoms with Crippen molar-refractivity contribution in [1.29, 1.82) is 0 Å². The predicted molar refractivity (Wildman–Crippen MR) is 59.0 cm³/mol. The summed E-state index contributed by atoms with van der Waals surface area (Å²) in [7, 11) is 1.74. The molecule has 0 aromatic rings. The van der Waals surface area contributed by atoms with Gasteiger partial charge in [0.15, 0.2) is 0 Å². The highest BCUT2D eigenvalue weighted by atomic mass is 16.1. The molecule has 0 saturated heterocycles. The quantitative estimate of drug-likeness (QED) is 0.688. The van der Waals surface area contributed by atoms with Crippen LogP contribution in [0.4, 0.5) is 0 Å². The van der Waals surface area contributed by atoms with Crippen LogP contribution in [0.1, 0.15) is 47.0 Å². The van der Waals surface area contributed by atoms with Gasteiger partial charge < -0.3 is 5.32 Å². The van der Waals surface area contributed by atoms with Gasteiger partial charge in [0.25, 0.3) is 0 Å². The highest BCUT2D eigenvalue weighted by molar-refractivity contribution is 5.79. The monoisotopic (exact) mass is 197 g/mol. The Hall–Kier alpha value is -0.530. The molecule has 2 heteroatoms. The second-order valence-electron chi connectivity index (χ2n) is 5.73. The van der Waals surface area contributed by atoms with E-state index in [4.69, 9.17) is 0 Å². The summed E-state index contributed by atoms with van der Waals surface area (Å²) in [6, 6.07) is 0. The van der Waals surface area contributed by atoms with Crippen molar-refractivity contribution in [2.45, 2.75) is 47.0 Å². The topological polar surface area (TPSA) is 29.1 Å². The zero-order valence-corrected chi connectivity index (χ0v) is 10.1. The van der Waals surface area contributed by atoms with Crippen molar-refractivity contribution in [3.05, 3.63) is 0 Å². The largest absolute Gasteiger partial charge is 0.359 e. The first-order valence-corrected chi connectivity index (χ1v) is 5.54. The Kier molecular flexibility index (Phi) is 2.93. The number of hydrogen-bond acceptors (Lipinski definition) is 1. The van der Waals surface area contributed by atoms with Crippen LogP contribution in [0.2, 0.25) is 0 Å². The zero-order valence-electron chi connectivity index (χ0n) is 10.1. The fourth-order valence-electron chi connectivity index (χ4n) is 2.66. The molecule has 1 saturated carbocycles. The lowest BCUT2D eigenvalue weighted by Crippen LogP contribution is -2.43. The van der Waals surface area contributed by atoms with E-state index in [9.17, 15) is 4.79 Å². The molecular formula is C12H23NO. The molecule has 2 atom stereocenters. The van der Waals surface area contributed by atoms with Crippen molar-refractivity contribution in [2.24, 2.45) is 16.7 Å². The third-order valence-electron chi connectivity index (χ3n) is 4.23. The van der Waals surface area contributed by atoms with Gasteiger partial charge in [-0.15, -0.1) is 0 Å². The van der Waals surface area contributed by atoms with Crippen LogP contribution in [0.15, 0.2) is 0 Å². The predicted octanol–water partition coefficient (Wildman–Crippen LogP) is 2.58. The van der Waals surface area contributed by atoms with Crippen molar-refractivity contribution in [1.82, 2.24) is 5.32 Å². The molecule has 0 aliphatic heterocycles. The van der Waals surface area contributed by atoms with E-state index in [1.54, 1.807) is 7.05 Å². The minimum atomic E-state index is 0.160. The number of rotatable bonds is 1. The van der Waals surface area contributed by atoms with Crippen molar-refractivity contribution < 1.29 is 4.79 Å². The lowest BCUT2D eigenvalue weighted by atomic mass is 9.62. The van der Waals surface area contributed by atoms with Crippen LogP contribution in [-0.2, 0) is 4.79 Å². The lowest BCUT2D eigenvalue weighted by molar-refractivity contribution is -0.130. The molecule has 82 valence electrons. The summed E-state index contributed by atoms with van der Waals surface area (Å²) in [4.78, 5) is 11.8. The van der Waals surface area contributed by atoms with Crippen LogP contribution in [0, 0.1) is 16.7 Å². The maximum absolute atomic E-state index is 11.8. The first-order chi connectivity index (χ1) is 6.33. The van der Waals surface area contributed by atoms with E-state index in [1.807, 2.05) is 0 Å². The van der Waals surface area contributed by atoms with E-state index < -0.39 is 0 Å². The minimum Gasteiger partial charge on any atom is -0.359 e. The number of amides is 1. The summed E-state index contributed by atoms with van der Waals surface area (Å²) in [5.41, 5.74) is 0.369. The molecule has 2 nitrogen and oxygen atoms in total. The van der Waals surface area contributed by atoms with Crippen LogP contribution in [0.25, 0.3) is 0 Å². The minimum absolute atomic E-state index is 0.160. The van der Waals surface area contributed by atoms with Crippen molar-refractivity contribution in [3.63, 3.8) is 0 Å². The van der Waals surface area contributed by atoms with E-state index >= 15 is 0 Å². The molecule has 0 spiro atoms. The summed E-state index contributed by atoms with van der Waals surface area (Å²) in [5.74, 6) is 0.424. The van der Waals surface area contributed by atoms with Crippen molar-refractivity contribution in [3.8, 4) is 0 Å². The van der Waals surface area contributed by atoms with Crippen LogP contribution in [0.5, 0.6) is 0 Å². The summed E-state index contributed by atoms with van der Waals surface area (Å²) in [5, 5.41) is 2.80. The van der Waals surface area contributed by atoms with Crippen LogP contribution in [-0.4, -0.2) is 13.0 Å². The summed E-state index contributed by atoms with van der Waals surface area (Å²) >= 11 is 0. The molecule has 0 aromatic carbocycles. The zero-order chi connectivity index (χ0) is 11.0. The molecule has 0 radical (unpaired) electrons. The molecule has 0 aromatic heterocycles. The fourth-order valence-corrected chi connectivity index (χ4v) is 2.66. The van der Waals surface area contributed by atoms with Crippen LogP contribution in [0.3, 0.4) is 0 Å². The third-order valence-corrected chi connectivity index (χ3v) is 4.23. The van der Waals surface area contributed by atoms with Crippen LogP contribution < -0.4 is 5.32 Å². The highest BCUT2D eigenvalue weighted by Crippen LogP contribution is 2.54. The highest BCUT2D eigenvalue weighted by Gasteiger charge is 2.49. The average Bonchev–Trinajstić information content (AvgIpc) is 2.46. The van der Waals surface area contributed by atoms with E-state index in [2.05, 4.69) is 33.0 Å². The maximum Gasteiger partial charge on any atom is 0.223 e. The first-order valence-electron chi connectivity index (χ1n) is 5.54. The second-order valence-corrected chi connectivity index (χ2v) is 5.73. The Labute approximate surface area is 87.5 Å². The summed E-state index contributed by atoms with van der Waals surface area (Å²) < 4.78 is 0. The van der Waals surface area contributed by atoms with Gasteiger partial charge in [-0.05, 0) is 23.7 Å². The fraction of sp³-hybridized carbons (Fsp3) is 0.917. The number of carbonyl (C=O) groups is 1. The van der Waals surface area contributed by atoms with Gasteiger partial charge >= 0.3 is 0 Å². The maximum atomic E-state index is 11.8. The van der Waals surface area contributed by atoms with E-state index in [0.717, 1.165) is 6.42 Å². The molecule has 0 heterocycles. The number of carbonyl (C=O) groups excluding carboxylic acids is 1. The Bertz CT molecular complexity index is 229. The standard InChI is InChI=1S/C12H23NO/c1-11(2,3)12(4)8-6-7-9(12)10(14)13-5/h9H,6-8H2,1-5H3,(H,13,14)/t9?,12-/m1/s1. The second kappa shape index (κ2) is 3.56. The molecule has 1 fully saturated rings. The van der Waals surface area contributed by atoms with Crippen LogP contribution >= 0.6 is 0 Å². The average molecular weight is 197 g/mol. The molecule has 0 bridgehead atoms. The smallest absolute Gasteiger partial charge is 0.223 e. The summed E-state index contributed by atoms with van der Waals surface area (Å²) in [6.45, 7) is 9.00. The normalized spacial score (nSPS) is 33.1. The number of nitrogens with one attached hydrogen (secondary N) is 1. The van der Waals surface area contributed by atoms with E-state index in [-0.39, 0.29) is 22.7 Å². The van der Waals surface area contributed by atoms with Gasteiger partial charge in [-0.1, -0.05) is 34.1 Å². The Morgan fingerprint density at radius 1 is 1.43 bits per heavy atom. The van der Waals surface area contributed by atoms with Gasteiger partial charge in [0.2, 0.25) is 5.91 Å². The molecule has 1 amide bonds. The summed E-state index contributed by atoms with van der Waals surface area (Å²) in [6.07, 6.45) is 3.41. The molecule has 1 rings (SSSR count). The third kappa shape index (κ3) is 1.67. The number of hydrogen-bond donors (Lipinski definition) is 1. The van der Waals surface area contributed by atoms with Gasteiger partial charge in [-0.3, -0.25) is 4.79 Å².